The van der Waals surface area contributed by atoms with Crippen molar-refractivity contribution in [1.82, 2.24) is 9.78 Å². The average molecular weight is 350 g/mol. The van der Waals surface area contributed by atoms with E-state index >= 15 is 0 Å². The molecule has 0 amide bonds. The Balaban J connectivity index is 2.29. The number of hydrogen-bond acceptors (Lipinski definition) is 2. The SMILES string of the molecule is CCc1ccc(C(C)(N)Cc2c(Br)c(CC)nn2C)cc1. The van der Waals surface area contributed by atoms with Crippen molar-refractivity contribution in [2.75, 3.05) is 0 Å². The van der Waals surface area contributed by atoms with E-state index in [0.717, 1.165) is 40.7 Å². The van der Waals surface area contributed by atoms with E-state index in [0.29, 0.717) is 0 Å². The van der Waals surface area contributed by atoms with Crippen LogP contribution in [0, 0.1) is 0 Å². The number of hydrogen-bond donors (Lipinski definition) is 1. The Labute approximate surface area is 135 Å². The quantitative estimate of drug-likeness (QED) is 0.893. The van der Waals surface area contributed by atoms with Gasteiger partial charge in [0.1, 0.15) is 0 Å². The van der Waals surface area contributed by atoms with Crippen molar-refractivity contribution in [3.05, 3.63) is 51.3 Å². The van der Waals surface area contributed by atoms with Gasteiger partial charge in [0, 0.05) is 19.0 Å². The van der Waals surface area contributed by atoms with Gasteiger partial charge in [-0.25, -0.2) is 0 Å². The molecule has 2 rings (SSSR count). The zero-order chi connectivity index (χ0) is 15.6. The lowest BCUT2D eigenvalue weighted by molar-refractivity contribution is 0.471. The summed E-state index contributed by atoms with van der Waals surface area (Å²) < 4.78 is 3.03. The van der Waals surface area contributed by atoms with Crippen molar-refractivity contribution in [3.8, 4) is 0 Å². The van der Waals surface area contributed by atoms with Crippen LogP contribution in [0.2, 0.25) is 0 Å². The van der Waals surface area contributed by atoms with Crippen LogP contribution in [0.25, 0.3) is 0 Å². The van der Waals surface area contributed by atoms with Crippen LogP contribution in [0.5, 0.6) is 0 Å². The first-order valence-corrected chi connectivity index (χ1v) is 8.26. The highest BCUT2D eigenvalue weighted by Crippen LogP contribution is 2.29. The summed E-state index contributed by atoms with van der Waals surface area (Å²) in [4.78, 5) is 0. The van der Waals surface area contributed by atoms with Crippen molar-refractivity contribution < 1.29 is 0 Å². The number of aromatic nitrogens is 2. The topological polar surface area (TPSA) is 43.8 Å². The summed E-state index contributed by atoms with van der Waals surface area (Å²) in [7, 11) is 1.98. The van der Waals surface area contributed by atoms with Gasteiger partial charge in [-0.2, -0.15) is 5.10 Å². The molecular weight excluding hydrogens is 326 g/mol. The van der Waals surface area contributed by atoms with Gasteiger partial charge in [-0.15, -0.1) is 0 Å². The van der Waals surface area contributed by atoms with Gasteiger partial charge in [0.05, 0.1) is 15.9 Å². The van der Waals surface area contributed by atoms with E-state index in [-0.39, 0.29) is 0 Å². The Hall–Kier alpha value is -1.13. The number of rotatable bonds is 5. The molecule has 0 aliphatic carbocycles. The summed E-state index contributed by atoms with van der Waals surface area (Å²) in [5.74, 6) is 0. The van der Waals surface area contributed by atoms with E-state index in [1.54, 1.807) is 0 Å². The lowest BCUT2D eigenvalue weighted by atomic mass is 9.87. The van der Waals surface area contributed by atoms with Crippen molar-refractivity contribution in [3.63, 3.8) is 0 Å². The summed E-state index contributed by atoms with van der Waals surface area (Å²) in [5, 5.41) is 4.55. The van der Waals surface area contributed by atoms with Crippen LogP contribution < -0.4 is 5.73 Å². The highest BCUT2D eigenvalue weighted by molar-refractivity contribution is 9.10. The molecule has 114 valence electrons. The minimum absolute atomic E-state index is 0.409. The van der Waals surface area contributed by atoms with Gasteiger partial charge in [-0.1, -0.05) is 38.1 Å². The minimum Gasteiger partial charge on any atom is -0.321 e. The standard InChI is InChI=1S/C17H24BrN3/c1-5-12-7-9-13(10-8-12)17(3,19)11-15-16(18)14(6-2)20-21(15)4/h7-10H,5-6,11,19H2,1-4H3. The van der Waals surface area contributed by atoms with Crippen molar-refractivity contribution >= 4 is 15.9 Å². The summed E-state index contributed by atoms with van der Waals surface area (Å²) >= 11 is 3.67. The number of aryl methyl sites for hydroxylation is 3. The van der Waals surface area contributed by atoms with Gasteiger partial charge in [-0.3, -0.25) is 4.68 Å². The fourth-order valence-electron chi connectivity index (χ4n) is 2.58. The van der Waals surface area contributed by atoms with E-state index in [4.69, 9.17) is 5.73 Å². The van der Waals surface area contributed by atoms with Gasteiger partial charge in [0.15, 0.2) is 0 Å². The molecule has 0 fully saturated rings. The fourth-order valence-corrected chi connectivity index (χ4v) is 3.34. The van der Waals surface area contributed by atoms with Crippen LogP contribution >= 0.6 is 15.9 Å². The molecule has 1 aromatic carbocycles. The molecular formula is C17H24BrN3. The Bertz CT molecular complexity index is 612. The van der Waals surface area contributed by atoms with Gasteiger partial charge in [0.25, 0.3) is 0 Å². The molecule has 0 bridgehead atoms. The van der Waals surface area contributed by atoms with Gasteiger partial charge in [0.2, 0.25) is 0 Å². The summed E-state index contributed by atoms with van der Waals surface area (Å²) in [6, 6.07) is 8.61. The minimum atomic E-state index is -0.409. The molecule has 21 heavy (non-hydrogen) atoms. The molecule has 4 heteroatoms. The fraction of sp³-hybridized carbons (Fsp3) is 0.471. The third-order valence-electron chi connectivity index (χ3n) is 4.06. The smallest absolute Gasteiger partial charge is 0.0766 e. The molecule has 0 aliphatic rings. The van der Waals surface area contributed by atoms with Crippen molar-refractivity contribution in [1.29, 1.82) is 0 Å². The normalized spacial score (nSPS) is 14.2. The van der Waals surface area contributed by atoms with Crippen LogP contribution in [0.15, 0.2) is 28.7 Å². The third-order valence-corrected chi connectivity index (χ3v) is 4.97. The van der Waals surface area contributed by atoms with E-state index in [9.17, 15) is 0 Å². The van der Waals surface area contributed by atoms with Crippen LogP contribution in [0.3, 0.4) is 0 Å². The average Bonchev–Trinajstić information content (AvgIpc) is 2.74. The molecule has 1 aromatic heterocycles. The Morgan fingerprint density at radius 1 is 1.19 bits per heavy atom. The lowest BCUT2D eigenvalue weighted by Gasteiger charge is -2.26. The Morgan fingerprint density at radius 2 is 1.81 bits per heavy atom. The monoisotopic (exact) mass is 349 g/mol. The van der Waals surface area contributed by atoms with Crippen LogP contribution in [0.1, 0.15) is 43.3 Å². The van der Waals surface area contributed by atoms with E-state index in [1.807, 2.05) is 11.7 Å². The second kappa shape index (κ2) is 6.32. The Morgan fingerprint density at radius 3 is 2.29 bits per heavy atom. The van der Waals surface area contributed by atoms with Crippen molar-refractivity contribution in [2.24, 2.45) is 12.8 Å². The van der Waals surface area contributed by atoms with Crippen LogP contribution in [-0.4, -0.2) is 9.78 Å². The predicted molar refractivity (Wildman–Crippen MR) is 91.3 cm³/mol. The first kappa shape index (κ1) is 16.2. The number of nitrogens with zero attached hydrogens (tertiary/aromatic N) is 2. The summed E-state index contributed by atoms with van der Waals surface area (Å²) in [5.41, 5.74) is 10.9. The summed E-state index contributed by atoms with van der Waals surface area (Å²) in [6.07, 6.45) is 2.72. The second-order valence-corrected chi connectivity index (χ2v) is 6.62. The molecule has 1 atom stereocenters. The number of halogens is 1. The van der Waals surface area contributed by atoms with E-state index < -0.39 is 5.54 Å². The maximum Gasteiger partial charge on any atom is 0.0766 e. The van der Waals surface area contributed by atoms with Crippen LogP contribution in [0.4, 0.5) is 0 Å². The first-order valence-electron chi connectivity index (χ1n) is 7.47. The van der Waals surface area contributed by atoms with Gasteiger partial charge in [-0.05, 0) is 46.8 Å². The molecule has 3 nitrogen and oxygen atoms in total. The second-order valence-electron chi connectivity index (χ2n) is 5.83. The largest absolute Gasteiger partial charge is 0.321 e. The highest BCUT2D eigenvalue weighted by atomic mass is 79.9. The molecule has 1 heterocycles. The van der Waals surface area contributed by atoms with Crippen molar-refractivity contribution in [2.45, 2.75) is 45.6 Å². The predicted octanol–water partition coefficient (Wildman–Crippen LogP) is 3.72. The molecule has 0 saturated carbocycles. The number of benzene rings is 1. The maximum absolute atomic E-state index is 6.59. The zero-order valence-corrected chi connectivity index (χ0v) is 14.9. The molecule has 0 saturated heterocycles. The molecule has 1 unspecified atom stereocenters. The first-order chi connectivity index (χ1) is 9.89. The maximum atomic E-state index is 6.59. The lowest BCUT2D eigenvalue weighted by Crippen LogP contribution is -2.36. The molecule has 2 N–H and O–H groups in total. The van der Waals surface area contributed by atoms with Gasteiger partial charge < -0.3 is 5.73 Å². The molecule has 0 aliphatic heterocycles. The van der Waals surface area contributed by atoms with E-state index in [2.05, 4.69) is 66.1 Å². The molecule has 0 radical (unpaired) electrons. The molecule has 2 aromatic rings. The number of nitrogens with two attached hydrogens (primary N) is 1. The highest BCUT2D eigenvalue weighted by Gasteiger charge is 2.25. The summed E-state index contributed by atoms with van der Waals surface area (Å²) in [6.45, 7) is 6.36. The zero-order valence-electron chi connectivity index (χ0n) is 13.3. The Kier molecular flexibility index (Phi) is 4.89. The molecule has 0 spiro atoms. The third kappa shape index (κ3) is 3.38. The van der Waals surface area contributed by atoms with Gasteiger partial charge >= 0.3 is 0 Å². The van der Waals surface area contributed by atoms with Crippen LogP contribution in [-0.2, 0) is 31.8 Å². The van der Waals surface area contributed by atoms with E-state index in [1.165, 1.54) is 5.56 Å².